The molecule has 0 saturated carbocycles. The van der Waals surface area contributed by atoms with Gasteiger partial charge in [-0.2, -0.15) is 5.10 Å². The van der Waals surface area contributed by atoms with Gasteiger partial charge in [-0.15, -0.1) is 0 Å². The molecule has 1 unspecified atom stereocenters. The van der Waals surface area contributed by atoms with Crippen LogP contribution in [0.5, 0.6) is 0 Å². The molecular weight excluding hydrogens is 356 g/mol. The largest absolute Gasteiger partial charge is 0.352 e. The highest BCUT2D eigenvalue weighted by Gasteiger charge is 2.27. The quantitative estimate of drug-likeness (QED) is 0.620. The van der Waals surface area contributed by atoms with E-state index in [1.807, 2.05) is 23.1 Å². The summed E-state index contributed by atoms with van der Waals surface area (Å²) in [6, 6.07) is 9.22. The van der Waals surface area contributed by atoms with E-state index in [1.165, 1.54) is 0 Å². The maximum Gasteiger partial charge on any atom is 0.251 e. The van der Waals surface area contributed by atoms with E-state index < -0.39 is 0 Å². The van der Waals surface area contributed by atoms with Crippen molar-refractivity contribution in [1.82, 2.24) is 30.7 Å². The summed E-state index contributed by atoms with van der Waals surface area (Å²) in [4.78, 5) is 31.1. The summed E-state index contributed by atoms with van der Waals surface area (Å²) in [6.45, 7) is 2.43. The van der Waals surface area contributed by atoms with Crippen LogP contribution in [0.25, 0.3) is 10.9 Å². The highest BCUT2D eigenvalue weighted by Crippen LogP contribution is 2.22. The predicted octanol–water partition coefficient (Wildman–Crippen LogP) is 1.25. The number of carbonyl (C=O) groups excluding carboxylic acids is 2. The second kappa shape index (κ2) is 8.18. The van der Waals surface area contributed by atoms with Crippen molar-refractivity contribution in [2.24, 2.45) is 0 Å². The van der Waals surface area contributed by atoms with E-state index >= 15 is 0 Å². The molecule has 0 aliphatic carbocycles. The number of amides is 2. The number of piperazine rings is 1. The minimum atomic E-state index is -0.199. The SMILES string of the molecule is O=C(NCCC(=O)N1CCNCC1c1ccncc1)c1ccc2cn[nH]c2c1. The van der Waals surface area contributed by atoms with Gasteiger partial charge in [0, 0.05) is 55.9 Å². The molecule has 1 saturated heterocycles. The zero-order chi connectivity index (χ0) is 19.3. The Balaban J connectivity index is 1.34. The molecule has 8 heteroatoms. The van der Waals surface area contributed by atoms with Crippen molar-refractivity contribution in [3.8, 4) is 0 Å². The number of hydrogen-bond donors (Lipinski definition) is 3. The standard InChI is InChI=1S/C20H22N6O2/c27-19(26-10-9-22-13-18(26)14-3-6-21-7-4-14)5-8-23-20(28)15-1-2-16-12-24-25-17(16)11-15/h1-4,6-7,11-12,18,22H,5,8-10,13H2,(H,23,28)(H,24,25). The molecule has 4 rings (SSSR count). The van der Waals surface area contributed by atoms with Crippen molar-refractivity contribution in [3.63, 3.8) is 0 Å². The second-order valence-corrected chi connectivity index (χ2v) is 6.77. The van der Waals surface area contributed by atoms with E-state index in [9.17, 15) is 9.59 Å². The van der Waals surface area contributed by atoms with Crippen molar-refractivity contribution in [1.29, 1.82) is 0 Å². The number of nitrogens with zero attached hydrogens (tertiary/aromatic N) is 3. The van der Waals surface area contributed by atoms with Crippen LogP contribution in [0.4, 0.5) is 0 Å². The summed E-state index contributed by atoms with van der Waals surface area (Å²) in [5.74, 6) is -0.164. The lowest BCUT2D eigenvalue weighted by Crippen LogP contribution is -2.49. The minimum Gasteiger partial charge on any atom is -0.352 e. The third-order valence-electron chi connectivity index (χ3n) is 4.98. The zero-order valence-corrected chi connectivity index (χ0v) is 15.4. The van der Waals surface area contributed by atoms with E-state index in [0.717, 1.165) is 23.0 Å². The number of rotatable bonds is 5. The Hall–Kier alpha value is -3.26. The Morgan fingerprint density at radius 2 is 2.07 bits per heavy atom. The Kier molecular flexibility index (Phi) is 5.29. The van der Waals surface area contributed by atoms with Crippen LogP contribution in [-0.4, -0.2) is 58.1 Å². The molecule has 1 aliphatic rings. The van der Waals surface area contributed by atoms with Gasteiger partial charge in [0.05, 0.1) is 17.8 Å². The summed E-state index contributed by atoms with van der Waals surface area (Å²) in [7, 11) is 0. The number of aromatic amines is 1. The van der Waals surface area contributed by atoms with E-state index in [0.29, 0.717) is 25.2 Å². The van der Waals surface area contributed by atoms with Crippen LogP contribution in [0, 0.1) is 0 Å². The monoisotopic (exact) mass is 378 g/mol. The molecule has 8 nitrogen and oxygen atoms in total. The Bertz CT molecular complexity index is 971. The molecule has 3 aromatic rings. The van der Waals surface area contributed by atoms with Crippen LogP contribution in [0.3, 0.4) is 0 Å². The molecule has 1 aliphatic heterocycles. The van der Waals surface area contributed by atoms with Gasteiger partial charge in [0.2, 0.25) is 5.91 Å². The molecule has 2 aromatic heterocycles. The van der Waals surface area contributed by atoms with Gasteiger partial charge in [-0.25, -0.2) is 0 Å². The molecule has 0 spiro atoms. The Morgan fingerprint density at radius 1 is 1.21 bits per heavy atom. The summed E-state index contributed by atoms with van der Waals surface area (Å²) in [5.41, 5.74) is 2.42. The molecule has 1 atom stereocenters. The van der Waals surface area contributed by atoms with Gasteiger partial charge in [-0.05, 0) is 29.8 Å². The zero-order valence-electron chi connectivity index (χ0n) is 15.4. The predicted molar refractivity (Wildman–Crippen MR) is 105 cm³/mol. The van der Waals surface area contributed by atoms with E-state index in [4.69, 9.17) is 0 Å². The van der Waals surface area contributed by atoms with Crippen molar-refractivity contribution in [2.45, 2.75) is 12.5 Å². The van der Waals surface area contributed by atoms with Crippen LogP contribution in [0.15, 0.2) is 48.9 Å². The second-order valence-electron chi connectivity index (χ2n) is 6.77. The molecule has 3 N–H and O–H groups in total. The topological polar surface area (TPSA) is 103 Å². The smallest absolute Gasteiger partial charge is 0.251 e. The van der Waals surface area contributed by atoms with Gasteiger partial charge in [0.25, 0.3) is 5.91 Å². The third-order valence-corrected chi connectivity index (χ3v) is 4.98. The molecule has 144 valence electrons. The van der Waals surface area contributed by atoms with Crippen molar-refractivity contribution >= 4 is 22.7 Å². The molecule has 0 bridgehead atoms. The van der Waals surface area contributed by atoms with Crippen LogP contribution in [-0.2, 0) is 4.79 Å². The lowest BCUT2D eigenvalue weighted by atomic mass is 10.0. The molecule has 1 aromatic carbocycles. The maximum absolute atomic E-state index is 12.8. The van der Waals surface area contributed by atoms with Crippen LogP contribution in [0.1, 0.15) is 28.4 Å². The highest BCUT2D eigenvalue weighted by atomic mass is 16.2. The van der Waals surface area contributed by atoms with Gasteiger partial charge in [0.15, 0.2) is 0 Å². The lowest BCUT2D eigenvalue weighted by Gasteiger charge is -2.36. The Morgan fingerprint density at radius 3 is 2.93 bits per heavy atom. The third kappa shape index (κ3) is 3.86. The molecule has 28 heavy (non-hydrogen) atoms. The van der Waals surface area contributed by atoms with Gasteiger partial charge in [0.1, 0.15) is 0 Å². The van der Waals surface area contributed by atoms with E-state index in [-0.39, 0.29) is 24.3 Å². The molecular formula is C20H22N6O2. The van der Waals surface area contributed by atoms with Gasteiger partial charge >= 0.3 is 0 Å². The van der Waals surface area contributed by atoms with Gasteiger partial charge in [-0.1, -0.05) is 6.07 Å². The summed E-state index contributed by atoms with van der Waals surface area (Å²) in [6.07, 6.45) is 5.45. The lowest BCUT2D eigenvalue weighted by molar-refractivity contribution is -0.134. The summed E-state index contributed by atoms with van der Waals surface area (Å²) in [5, 5.41) is 13.9. The van der Waals surface area contributed by atoms with E-state index in [2.05, 4.69) is 25.8 Å². The van der Waals surface area contributed by atoms with Crippen LogP contribution >= 0.6 is 0 Å². The van der Waals surface area contributed by atoms with Crippen LogP contribution in [0.2, 0.25) is 0 Å². The number of fused-ring (bicyclic) bond motifs is 1. The first-order valence-corrected chi connectivity index (χ1v) is 9.34. The number of H-pyrrole nitrogens is 1. The number of aromatic nitrogens is 3. The van der Waals surface area contributed by atoms with Crippen molar-refractivity contribution in [2.75, 3.05) is 26.2 Å². The Labute approximate surface area is 162 Å². The first-order chi connectivity index (χ1) is 13.7. The number of benzene rings is 1. The highest BCUT2D eigenvalue weighted by molar-refractivity contribution is 5.97. The number of hydrogen-bond acceptors (Lipinski definition) is 5. The molecule has 3 heterocycles. The van der Waals surface area contributed by atoms with Crippen molar-refractivity contribution < 1.29 is 9.59 Å². The number of nitrogens with one attached hydrogen (secondary N) is 3. The first-order valence-electron chi connectivity index (χ1n) is 9.34. The van der Waals surface area contributed by atoms with Gasteiger partial charge < -0.3 is 15.5 Å². The number of carbonyl (C=O) groups is 2. The summed E-state index contributed by atoms with van der Waals surface area (Å²) < 4.78 is 0. The molecule has 0 radical (unpaired) electrons. The fourth-order valence-corrected chi connectivity index (χ4v) is 3.49. The average Bonchev–Trinajstić information content (AvgIpc) is 3.22. The maximum atomic E-state index is 12.8. The minimum absolute atomic E-state index is 0.0114. The first kappa shape index (κ1) is 18.1. The molecule has 2 amide bonds. The van der Waals surface area contributed by atoms with E-state index in [1.54, 1.807) is 30.7 Å². The fourth-order valence-electron chi connectivity index (χ4n) is 3.49. The normalized spacial score (nSPS) is 16.9. The fraction of sp³-hybridized carbons (Fsp3) is 0.300. The van der Waals surface area contributed by atoms with Crippen molar-refractivity contribution in [3.05, 3.63) is 60.0 Å². The summed E-state index contributed by atoms with van der Waals surface area (Å²) >= 11 is 0. The average molecular weight is 378 g/mol. The van der Waals surface area contributed by atoms with Gasteiger partial charge in [-0.3, -0.25) is 19.7 Å². The molecule has 1 fully saturated rings. The number of pyridine rings is 1. The van der Waals surface area contributed by atoms with Crippen LogP contribution < -0.4 is 10.6 Å².